The Bertz CT molecular complexity index is 272. The molecule has 0 radical (unpaired) electrons. The fourth-order valence-corrected chi connectivity index (χ4v) is 2.25. The van der Waals surface area contributed by atoms with E-state index in [-0.39, 0.29) is 18.8 Å². The highest BCUT2D eigenvalue weighted by Crippen LogP contribution is 2.29. The average molecular weight is 243 g/mol. The fourth-order valence-electron chi connectivity index (χ4n) is 2.25. The van der Waals surface area contributed by atoms with E-state index in [9.17, 15) is 9.90 Å². The van der Waals surface area contributed by atoms with Crippen LogP contribution in [-0.2, 0) is 9.47 Å². The smallest absolute Gasteiger partial charge is 0.410 e. The number of hydrogen-bond donors (Lipinski definition) is 1. The second-order valence-corrected chi connectivity index (χ2v) is 4.99. The minimum Gasteiger partial charge on any atom is -0.446 e. The van der Waals surface area contributed by atoms with Crippen LogP contribution in [0.2, 0.25) is 0 Å². The van der Waals surface area contributed by atoms with Crippen molar-refractivity contribution in [1.82, 2.24) is 4.90 Å². The number of likely N-dealkylation sites (N-methyl/N-ethyl adjacent to an activating group) is 1. The minimum absolute atomic E-state index is 0.0351. The molecule has 17 heavy (non-hydrogen) atoms. The Morgan fingerprint density at radius 2 is 2.12 bits per heavy atom. The quantitative estimate of drug-likeness (QED) is 0.807. The number of ether oxygens (including phenoxy) is 2. The van der Waals surface area contributed by atoms with Crippen LogP contribution in [0.1, 0.15) is 32.1 Å². The lowest BCUT2D eigenvalue weighted by atomic mass is 9.89. The topological polar surface area (TPSA) is 59.0 Å². The van der Waals surface area contributed by atoms with Gasteiger partial charge in [0.15, 0.2) is 0 Å². The molecule has 98 valence electrons. The van der Waals surface area contributed by atoms with E-state index in [1.54, 1.807) is 11.9 Å². The van der Waals surface area contributed by atoms with Crippen LogP contribution in [0.4, 0.5) is 4.79 Å². The maximum Gasteiger partial charge on any atom is 0.410 e. The van der Waals surface area contributed by atoms with Gasteiger partial charge in [0.25, 0.3) is 0 Å². The standard InChI is InChI=1S/C12H21NO4/c1-13(11(15)17-10-3-2-4-10)12(9-14)5-7-16-8-6-12/h10,14H,2-9H2,1H3. The maximum absolute atomic E-state index is 12.0. The number of aliphatic hydroxyl groups excluding tert-OH is 1. The van der Waals surface area contributed by atoms with Crippen molar-refractivity contribution in [3.05, 3.63) is 0 Å². The maximum atomic E-state index is 12.0. The summed E-state index contributed by atoms with van der Waals surface area (Å²) in [7, 11) is 1.71. The van der Waals surface area contributed by atoms with Crippen molar-refractivity contribution in [2.45, 2.75) is 43.7 Å². The second-order valence-electron chi connectivity index (χ2n) is 4.99. The Balaban J connectivity index is 1.94. The first-order valence-corrected chi connectivity index (χ1v) is 6.31. The van der Waals surface area contributed by atoms with Crippen molar-refractivity contribution in [3.63, 3.8) is 0 Å². The van der Waals surface area contributed by atoms with E-state index in [1.165, 1.54) is 0 Å². The molecule has 0 aromatic rings. The summed E-state index contributed by atoms with van der Waals surface area (Å²) in [6, 6.07) is 0. The van der Waals surface area contributed by atoms with Crippen LogP contribution in [0.3, 0.4) is 0 Å². The summed E-state index contributed by atoms with van der Waals surface area (Å²) in [5.41, 5.74) is -0.501. The van der Waals surface area contributed by atoms with Crippen LogP contribution in [-0.4, -0.2) is 54.6 Å². The van der Waals surface area contributed by atoms with Gasteiger partial charge in [-0.3, -0.25) is 0 Å². The van der Waals surface area contributed by atoms with E-state index >= 15 is 0 Å². The van der Waals surface area contributed by atoms with Crippen LogP contribution < -0.4 is 0 Å². The average Bonchev–Trinajstić information content (AvgIpc) is 2.33. The zero-order chi connectivity index (χ0) is 12.3. The summed E-state index contributed by atoms with van der Waals surface area (Å²) in [5, 5.41) is 9.56. The van der Waals surface area contributed by atoms with Gasteiger partial charge in [0, 0.05) is 20.3 Å². The molecule has 1 aliphatic carbocycles. The lowest BCUT2D eigenvalue weighted by Crippen LogP contribution is -2.56. The number of nitrogens with zero attached hydrogens (tertiary/aromatic N) is 1. The molecule has 5 nitrogen and oxygen atoms in total. The molecule has 2 fully saturated rings. The number of hydrogen-bond acceptors (Lipinski definition) is 4. The molecule has 1 amide bonds. The van der Waals surface area contributed by atoms with Crippen molar-refractivity contribution in [2.24, 2.45) is 0 Å². The van der Waals surface area contributed by atoms with Gasteiger partial charge in [-0.1, -0.05) is 0 Å². The van der Waals surface area contributed by atoms with E-state index in [0.29, 0.717) is 26.1 Å². The van der Waals surface area contributed by atoms with E-state index in [0.717, 1.165) is 19.3 Å². The van der Waals surface area contributed by atoms with Gasteiger partial charge in [-0.15, -0.1) is 0 Å². The lowest BCUT2D eigenvalue weighted by molar-refractivity contribution is -0.0540. The van der Waals surface area contributed by atoms with Gasteiger partial charge in [-0.05, 0) is 32.1 Å². The largest absolute Gasteiger partial charge is 0.446 e. The normalized spacial score (nSPS) is 23.9. The van der Waals surface area contributed by atoms with Gasteiger partial charge in [0.05, 0.1) is 12.1 Å². The number of carbonyl (C=O) groups excluding carboxylic acids is 1. The first kappa shape index (κ1) is 12.6. The summed E-state index contributed by atoms with van der Waals surface area (Å²) >= 11 is 0. The predicted molar refractivity (Wildman–Crippen MR) is 61.8 cm³/mol. The highest BCUT2D eigenvalue weighted by atomic mass is 16.6. The Morgan fingerprint density at radius 1 is 1.47 bits per heavy atom. The zero-order valence-corrected chi connectivity index (χ0v) is 10.4. The van der Waals surface area contributed by atoms with Crippen LogP contribution in [0.15, 0.2) is 0 Å². The van der Waals surface area contributed by atoms with Crippen molar-refractivity contribution in [3.8, 4) is 0 Å². The van der Waals surface area contributed by atoms with Gasteiger partial charge in [0.1, 0.15) is 6.10 Å². The molecular weight excluding hydrogens is 222 g/mol. The van der Waals surface area contributed by atoms with E-state index in [2.05, 4.69) is 0 Å². The Hall–Kier alpha value is -0.810. The van der Waals surface area contributed by atoms with Gasteiger partial charge in [-0.25, -0.2) is 4.79 Å². The van der Waals surface area contributed by atoms with Crippen LogP contribution >= 0.6 is 0 Å². The van der Waals surface area contributed by atoms with Crippen molar-refractivity contribution in [2.75, 3.05) is 26.9 Å². The van der Waals surface area contributed by atoms with Gasteiger partial charge in [-0.2, -0.15) is 0 Å². The SMILES string of the molecule is CN(C(=O)OC1CCC1)C1(CO)CCOCC1. The molecule has 0 unspecified atom stereocenters. The summed E-state index contributed by atoms with van der Waals surface area (Å²) < 4.78 is 10.6. The summed E-state index contributed by atoms with van der Waals surface area (Å²) in [4.78, 5) is 13.5. The van der Waals surface area contributed by atoms with Crippen LogP contribution in [0.5, 0.6) is 0 Å². The first-order chi connectivity index (χ1) is 8.18. The highest BCUT2D eigenvalue weighted by Gasteiger charge is 2.40. The molecular formula is C12H21NO4. The van der Waals surface area contributed by atoms with E-state index in [1.807, 2.05) is 0 Å². The zero-order valence-electron chi connectivity index (χ0n) is 10.4. The third kappa shape index (κ3) is 2.55. The highest BCUT2D eigenvalue weighted by molar-refractivity contribution is 5.68. The minimum atomic E-state index is -0.501. The van der Waals surface area contributed by atoms with E-state index in [4.69, 9.17) is 9.47 Å². The molecule has 5 heteroatoms. The first-order valence-electron chi connectivity index (χ1n) is 6.31. The third-order valence-corrected chi connectivity index (χ3v) is 4.02. The Morgan fingerprint density at radius 3 is 2.59 bits per heavy atom. The van der Waals surface area contributed by atoms with Crippen molar-refractivity contribution >= 4 is 6.09 Å². The predicted octanol–water partition coefficient (Wildman–Crippen LogP) is 1.15. The second kappa shape index (κ2) is 5.23. The van der Waals surface area contributed by atoms with E-state index < -0.39 is 5.54 Å². The molecule has 1 aliphatic heterocycles. The van der Waals surface area contributed by atoms with Crippen molar-refractivity contribution < 1.29 is 19.4 Å². The number of rotatable bonds is 3. The van der Waals surface area contributed by atoms with Crippen LogP contribution in [0, 0.1) is 0 Å². The third-order valence-electron chi connectivity index (χ3n) is 4.02. The molecule has 1 heterocycles. The monoisotopic (exact) mass is 243 g/mol. The van der Waals surface area contributed by atoms with Crippen molar-refractivity contribution in [1.29, 1.82) is 0 Å². The fraction of sp³-hybridized carbons (Fsp3) is 0.917. The molecule has 1 saturated carbocycles. The summed E-state index contributed by atoms with van der Waals surface area (Å²) in [6.45, 7) is 1.13. The van der Waals surface area contributed by atoms with Gasteiger partial charge < -0.3 is 19.5 Å². The number of carbonyl (C=O) groups is 1. The lowest BCUT2D eigenvalue weighted by Gasteiger charge is -2.43. The molecule has 2 rings (SSSR count). The summed E-state index contributed by atoms with van der Waals surface area (Å²) in [6.07, 6.45) is 4.18. The molecule has 0 aromatic heterocycles. The Kier molecular flexibility index (Phi) is 3.89. The molecule has 2 aliphatic rings. The number of amides is 1. The molecule has 1 N–H and O–H groups in total. The van der Waals surface area contributed by atoms with Gasteiger partial charge in [0.2, 0.25) is 0 Å². The molecule has 1 saturated heterocycles. The summed E-state index contributed by atoms with van der Waals surface area (Å²) in [5.74, 6) is 0. The van der Waals surface area contributed by atoms with Crippen LogP contribution in [0.25, 0.3) is 0 Å². The Labute approximate surface area is 102 Å². The molecule has 0 spiro atoms. The number of aliphatic hydroxyl groups is 1. The molecule has 0 bridgehead atoms. The van der Waals surface area contributed by atoms with Gasteiger partial charge >= 0.3 is 6.09 Å². The molecule has 0 aromatic carbocycles. The molecule has 0 atom stereocenters.